The van der Waals surface area contributed by atoms with Crippen LogP contribution in [0, 0.1) is 5.92 Å². The number of aromatic amines is 1. The van der Waals surface area contributed by atoms with Crippen LogP contribution in [0.2, 0.25) is 5.15 Å². The summed E-state index contributed by atoms with van der Waals surface area (Å²) in [6.45, 7) is 0.782. The minimum atomic E-state index is -0.245. The molecular formula is C18H15ClN4O2. The van der Waals surface area contributed by atoms with Crippen molar-refractivity contribution in [1.82, 2.24) is 14.9 Å². The molecule has 1 aliphatic heterocycles. The molecule has 2 aromatic heterocycles. The van der Waals surface area contributed by atoms with Crippen LogP contribution in [0.3, 0.4) is 0 Å². The standard InChI is InChI=1S/C18H15ClN4O2/c19-16-15(6-3-7-20-16)22-17(24)11-9-23(10-11)18(25)13-8-21-14-5-2-1-4-12(13)14/h1-8,11,21H,9-10H2,(H,22,24). The van der Waals surface area contributed by atoms with E-state index in [1.807, 2.05) is 24.3 Å². The first-order chi connectivity index (χ1) is 12.1. The Morgan fingerprint density at radius 1 is 1.20 bits per heavy atom. The van der Waals surface area contributed by atoms with Crippen LogP contribution in [0.5, 0.6) is 0 Å². The molecule has 6 nitrogen and oxygen atoms in total. The lowest BCUT2D eigenvalue weighted by atomic mass is 9.97. The zero-order valence-corrected chi connectivity index (χ0v) is 14.0. The number of nitrogens with zero attached hydrogens (tertiary/aromatic N) is 2. The number of likely N-dealkylation sites (tertiary alicyclic amines) is 1. The van der Waals surface area contributed by atoms with Crippen molar-refractivity contribution in [3.8, 4) is 0 Å². The highest BCUT2D eigenvalue weighted by Crippen LogP contribution is 2.25. The van der Waals surface area contributed by atoms with Gasteiger partial charge in [0.25, 0.3) is 5.91 Å². The van der Waals surface area contributed by atoms with Gasteiger partial charge < -0.3 is 15.2 Å². The Morgan fingerprint density at radius 2 is 2.00 bits per heavy atom. The number of halogens is 1. The van der Waals surface area contributed by atoms with Crippen LogP contribution in [-0.2, 0) is 4.79 Å². The first-order valence-corrected chi connectivity index (χ1v) is 8.28. The van der Waals surface area contributed by atoms with Gasteiger partial charge in [-0.2, -0.15) is 0 Å². The van der Waals surface area contributed by atoms with Crippen LogP contribution < -0.4 is 5.32 Å². The lowest BCUT2D eigenvalue weighted by Crippen LogP contribution is -2.54. The van der Waals surface area contributed by atoms with E-state index < -0.39 is 0 Å². The summed E-state index contributed by atoms with van der Waals surface area (Å²) in [4.78, 5) is 33.6. The molecule has 0 spiro atoms. The Bertz CT molecular complexity index is 962. The molecule has 2 amide bonds. The Hall–Kier alpha value is -2.86. The molecule has 1 aromatic carbocycles. The highest BCUT2D eigenvalue weighted by atomic mass is 35.5. The fourth-order valence-corrected chi connectivity index (χ4v) is 3.11. The first kappa shape index (κ1) is 15.7. The van der Waals surface area contributed by atoms with Crippen molar-refractivity contribution in [2.24, 2.45) is 5.92 Å². The SMILES string of the molecule is O=C(Nc1cccnc1Cl)C1CN(C(=O)c2c[nH]c3ccccc23)C1. The number of nitrogens with one attached hydrogen (secondary N) is 2. The van der Waals surface area contributed by atoms with Crippen molar-refractivity contribution in [2.45, 2.75) is 0 Å². The number of para-hydroxylation sites is 1. The van der Waals surface area contributed by atoms with Crippen LogP contribution in [0.25, 0.3) is 10.9 Å². The van der Waals surface area contributed by atoms with Gasteiger partial charge in [0.05, 0.1) is 17.2 Å². The number of H-pyrrole nitrogens is 1. The lowest BCUT2D eigenvalue weighted by Gasteiger charge is -2.38. The molecule has 4 rings (SSSR count). The van der Waals surface area contributed by atoms with Gasteiger partial charge in [-0.1, -0.05) is 29.8 Å². The molecule has 1 aliphatic rings. The summed E-state index contributed by atoms with van der Waals surface area (Å²) < 4.78 is 0. The number of hydrogen-bond acceptors (Lipinski definition) is 3. The molecule has 0 radical (unpaired) electrons. The van der Waals surface area contributed by atoms with Gasteiger partial charge in [-0.3, -0.25) is 9.59 Å². The average molecular weight is 355 g/mol. The monoisotopic (exact) mass is 354 g/mol. The number of benzene rings is 1. The second kappa shape index (κ2) is 6.22. The number of hydrogen-bond donors (Lipinski definition) is 2. The zero-order valence-electron chi connectivity index (χ0n) is 13.2. The number of anilines is 1. The summed E-state index contributed by atoms with van der Waals surface area (Å²) in [5.41, 5.74) is 2.03. The molecule has 1 fully saturated rings. The molecular weight excluding hydrogens is 340 g/mol. The summed E-state index contributed by atoms with van der Waals surface area (Å²) >= 11 is 5.94. The zero-order chi connectivity index (χ0) is 17.4. The summed E-state index contributed by atoms with van der Waals surface area (Å²) in [5.74, 6) is -0.468. The minimum Gasteiger partial charge on any atom is -0.360 e. The van der Waals surface area contributed by atoms with Crippen molar-refractivity contribution in [2.75, 3.05) is 18.4 Å². The molecule has 0 aliphatic carbocycles. The van der Waals surface area contributed by atoms with E-state index in [1.165, 1.54) is 0 Å². The van der Waals surface area contributed by atoms with Crippen LogP contribution in [0.1, 0.15) is 10.4 Å². The summed E-state index contributed by atoms with van der Waals surface area (Å²) in [6.07, 6.45) is 3.28. The van der Waals surface area contributed by atoms with Gasteiger partial charge in [-0.15, -0.1) is 0 Å². The van der Waals surface area contributed by atoms with E-state index in [0.717, 1.165) is 10.9 Å². The lowest BCUT2D eigenvalue weighted by molar-refractivity contribution is -0.123. The quantitative estimate of drug-likeness (QED) is 0.710. The van der Waals surface area contributed by atoms with Crippen LogP contribution in [0.15, 0.2) is 48.8 Å². The predicted molar refractivity (Wildman–Crippen MR) is 95.6 cm³/mol. The number of carbonyl (C=O) groups excluding carboxylic acids is 2. The first-order valence-electron chi connectivity index (χ1n) is 7.90. The van der Waals surface area contributed by atoms with Crippen LogP contribution >= 0.6 is 11.6 Å². The molecule has 0 saturated carbocycles. The number of fused-ring (bicyclic) bond motifs is 1. The van der Waals surface area contributed by atoms with Crippen molar-refractivity contribution in [3.63, 3.8) is 0 Å². The number of carbonyl (C=O) groups is 2. The Kier molecular flexibility index (Phi) is 3.89. The van der Waals surface area contributed by atoms with Crippen molar-refractivity contribution in [1.29, 1.82) is 0 Å². The van der Waals surface area contributed by atoms with Gasteiger partial charge in [-0.25, -0.2) is 4.98 Å². The molecule has 126 valence electrons. The molecule has 0 unspecified atom stereocenters. The fourth-order valence-electron chi connectivity index (χ4n) is 2.94. The molecule has 3 aromatic rings. The Morgan fingerprint density at radius 3 is 2.80 bits per heavy atom. The summed E-state index contributed by atoms with van der Waals surface area (Å²) in [7, 11) is 0. The van der Waals surface area contributed by atoms with Gasteiger partial charge in [0.15, 0.2) is 5.15 Å². The molecule has 0 bridgehead atoms. The smallest absolute Gasteiger partial charge is 0.256 e. The Labute approximate surface area is 148 Å². The maximum Gasteiger partial charge on any atom is 0.256 e. The van der Waals surface area contributed by atoms with Gasteiger partial charge in [0.1, 0.15) is 0 Å². The number of rotatable bonds is 3. The van der Waals surface area contributed by atoms with E-state index in [4.69, 9.17) is 11.6 Å². The van der Waals surface area contributed by atoms with Crippen molar-refractivity contribution in [3.05, 3.63) is 59.5 Å². The van der Waals surface area contributed by atoms with Crippen LogP contribution in [-0.4, -0.2) is 39.8 Å². The largest absolute Gasteiger partial charge is 0.360 e. The van der Waals surface area contributed by atoms with E-state index in [0.29, 0.717) is 24.3 Å². The Balaban J connectivity index is 1.41. The highest BCUT2D eigenvalue weighted by molar-refractivity contribution is 6.32. The van der Waals surface area contributed by atoms with Gasteiger partial charge >= 0.3 is 0 Å². The van der Waals surface area contributed by atoms with Gasteiger partial charge in [0, 0.05) is 36.4 Å². The molecule has 2 N–H and O–H groups in total. The summed E-state index contributed by atoms with van der Waals surface area (Å²) in [5, 5.41) is 3.90. The molecule has 3 heterocycles. The molecule has 7 heteroatoms. The third-order valence-corrected chi connectivity index (χ3v) is 4.68. The van der Waals surface area contributed by atoms with Gasteiger partial charge in [0.2, 0.25) is 5.91 Å². The van der Waals surface area contributed by atoms with E-state index in [2.05, 4.69) is 15.3 Å². The molecule has 25 heavy (non-hydrogen) atoms. The van der Waals surface area contributed by atoms with Gasteiger partial charge in [-0.05, 0) is 18.2 Å². The fraction of sp³-hybridized carbons (Fsp3) is 0.167. The maximum absolute atomic E-state index is 12.6. The van der Waals surface area contributed by atoms with Crippen molar-refractivity contribution >= 4 is 40.0 Å². The summed E-state index contributed by atoms with van der Waals surface area (Å²) in [6, 6.07) is 11.1. The third kappa shape index (κ3) is 2.85. The van der Waals surface area contributed by atoms with E-state index >= 15 is 0 Å². The van der Waals surface area contributed by atoms with Crippen LogP contribution in [0.4, 0.5) is 5.69 Å². The number of amides is 2. The van der Waals surface area contributed by atoms with E-state index in [-0.39, 0.29) is 22.9 Å². The number of pyridine rings is 1. The maximum atomic E-state index is 12.6. The second-order valence-electron chi connectivity index (χ2n) is 5.99. The second-order valence-corrected chi connectivity index (χ2v) is 6.34. The third-order valence-electron chi connectivity index (χ3n) is 4.38. The van der Waals surface area contributed by atoms with E-state index in [9.17, 15) is 9.59 Å². The average Bonchev–Trinajstić information content (AvgIpc) is 2.99. The topological polar surface area (TPSA) is 78.1 Å². The minimum absolute atomic E-state index is 0.0686. The highest BCUT2D eigenvalue weighted by Gasteiger charge is 2.36. The molecule has 1 saturated heterocycles. The normalized spacial score (nSPS) is 14.4. The van der Waals surface area contributed by atoms with Crippen molar-refractivity contribution < 1.29 is 9.59 Å². The number of aromatic nitrogens is 2. The predicted octanol–water partition coefficient (Wildman–Crippen LogP) is 2.93. The van der Waals surface area contributed by atoms with E-state index in [1.54, 1.807) is 29.4 Å². The molecule has 0 atom stereocenters.